The Morgan fingerprint density at radius 3 is 2.32 bits per heavy atom. The largest absolute Gasteiger partial charge is 0.493 e. The molecule has 0 radical (unpaired) electrons. The van der Waals surface area contributed by atoms with Crippen LogP contribution in [-0.2, 0) is 11.3 Å². The summed E-state index contributed by atoms with van der Waals surface area (Å²) in [6.07, 6.45) is 0. The fourth-order valence-electron chi connectivity index (χ4n) is 2.51. The van der Waals surface area contributed by atoms with Gasteiger partial charge in [-0.3, -0.25) is 4.79 Å². The standard InChI is InChI=1S/C20H25NO3S/c1-14-6-9-17(10-7-14)25-15(2)20(22)21(3)13-16-8-11-18(23-4)19(12-16)24-5/h6-12,15H,13H2,1-5H3/t15-/m0/s1. The van der Waals surface area contributed by atoms with Crippen molar-refractivity contribution in [2.24, 2.45) is 0 Å². The van der Waals surface area contributed by atoms with Gasteiger partial charge in [-0.25, -0.2) is 0 Å². The van der Waals surface area contributed by atoms with Gasteiger partial charge in [-0.2, -0.15) is 0 Å². The molecule has 0 aliphatic carbocycles. The third-order valence-electron chi connectivity index (χ3n) is 3.93. The number of aryl methyl sites for hydroxylation is 1. The van der Waals surface area contributed by atoms with Gasteiger partial charge in [0.15, 0.2) is 11.5 Å². The predicted molar refractivity (Wildman–Crippen MR) is 103 cm³/mol. The van der Waals surface area contributed by atoms with E-state index in [0.717, 1.165) is 10.5 Å². The Morgan fingerprint density at radius 1 is 1.08 bits per heavy atom. The number of hydrogen-bond acceptors (Lipinski definition) is 4. The van der Waals surface area contributed by atoms with Crippen molar-refractivity contribution < 1.29 is 14.3 Å². The van der Waals surface area contributed by atoms with Crippen LogP contribution < -0.4 is 9.47 Å². The van der Waals surface area contributed by atoms with Crippen LogP contribution in [0.2, 0.25) is 0 Å². The van der Waals surface area contributed by atoms with Crippen molar-refractivity contribution in [3.05, 3.63) is 53.6 Å². The van der Waals surface area contributed by atoms with Crippen LogP contribution in [0.15, 0.2) is 47.4 Å². The normalized spacial score (nSPS) is 11.7. The predicted octanol–water partition coefficient (Wildman–Crippen LogP) is 4.15. The van der Waals surface area contributed by atoms with Gasteiger partial charge in [-0.1, -0.05) is 23.8 Å². The average molecular weight is 359 g/mol. The lowest BCUT2D eigenvalue weighted by Crippen LogP contribution is -2.32. The van der Waals surface area contributed by atoms with Crippen molar-refractivity contribution in [2.45, 2.75) is 30.5 Å². The molecule has 5 heteroatoms. The zero-order chi connectivity index (χ0) is 18.4. The van der Waals surface area contributed by atoms with Crippen molar-refractivity contribution in [3.63, 3.8) is 0 Å². The summed E-state index contributed by atoms with van der Waals surface area (Å²) >= 11 is 1.58. The summed E-state index contributed by atoms with van der Waals surface area (Å²) in [6.45, 7) is 4.52. The van der Waals surface area contributed by atoms with Gasteiger partial charge in [0.1, 0.15) is 0 Å². The number of nitrogens with zero attached hydrogens (tertiary/aromatic N) is 1. The van der Waals surface area contributed by atoms with E-state index >= 15 is 0 Å². The maximum Gasteiger partial charge on any atom is 0.235 e. The fourth-order valence-corrected chi connectivity index (χ4v) is 3.49. The molecule has 2 rings (SSSR count). The van der Waals surface area contributed by atoms with E-state index in [2.05, 4.69) is 31.2 Å². The molecule has 0 heterocycles. The van der Waals surface area contributed by atoms with Gasteiger partial charge >= 0.3 is 0 Å². The molecule has 0 fully saturated rings. The molecule has 2 aromatic rings. The van der Waals surface area contributed by atoms with E-state index in [1.165, 1.54) is 5.56 Å². The lowest BCUT2D eigenvalue weighted by molar-refractivity contribution is -0.129. The van der Waals surface area contributed by atoms with E-state index in [-0.39, 0.29) is 11.2 Å². The van der Waals surface area contributed by atoms with Crippen LogP contribution in [0.1, 0.15) is 18.1 Å². The molecular formula is C20H25NO3S. The second-order valence-electron chi connectivity index (χ2n) is 5.96. The Kier molecular flexibility index (Phi) is 6.76. The highest BCUT2D eigenvalue weighted by Gasteiger charge is 2.19. The van der Waals surface area contributed by atoms with Crippen molar-refractivity contribution in [3.8, 4) is 11.5 Å². The van der Waals surface area contributed by atoms with Gasteiger partial charge in [0.05, 0.1) is 19.5 Å². The SMILES string of the molecule is COc1ccc(CN(C)C(=O)[C@H](C)Sc2ccc(C)cc2)cc1OC. The highest BCUT2D eigenvalue weighted by atomic mass is 32.2. The minimum absolute atomic E-state index is 0.0976. The van der Waals surface area contributed by atoms with Gasteiger partial charge in [-0.05, 0) is 43.7 Å². The number of amides is 1. The highest BCUT2D eigenvalue weighted by Crippen LogP contribution is 2.29. The first kappa shape index (κ1) is 19.2. The average Bonchev–Trinajstić information content (AvgIpc) is 2.62. The van der Waals surface area contributed by atoms with Crippen LogP contribution in [0.5, 0.6) is 11.5 Å². The molecule has 0 unspecified atom stereocenters. The molecule has 0 aliphatic heterocycles. The zero-order valence-corrected chi connectivity index (χ0v) is 16.2. The molecule has 25 heavy (non-hydrogen) atoms. The van der Waals surface area contributed by atoms with E-state index < -0.39 is 0 Å². The first-order valence-electron chi connectivity index (χ1n) is 8.13. The Bertz CT molecular complexity index is 715. The van der Waals surface area contributed by atoms with E-state index in [1.54, 1.807) is 30.9 Å². The van der Waals surface area contributed by atoms with Crippen LogP contribution in [-0.4, -0.2) is 37.3 Å². The molecule has 0 spiro atoms. The Morgan fingerprint density at radius 2 is 1.72 bits per heavy atom. The number of methoxy groups -OCH3 is 2. The Labute approximate surface area is 154 Å². The molecular weight excluding hydrogens is 334 g/mol. The molecule has 1 amide bonds. The summed E-state index contributed by atoms with van der Waals surface area (Å²) in [6, 6.07) is 13.9. The number of rotatable bonds is 7. The lowest BCUT2D eigenvalue weighted by Gasteiger charge is -2.22. The molecule has 1 atom stereocenters. The van der Waals surface area contributed by atoms with E-state index in [1.807, 2.05) is 32.2 Å². The number of carbonyl (C=O) groups excluding carboxylic acids is 1. The quantitative estimate of drug-likeness (QED) is 0.696. The fraction of sp³-hybridized carbons (Fsp3) is 0.350. The number of thioether (sulfide) groups is 1. The summed E-state index contributed by atoms with van der Waals surface area (Å²) in [7, 11) is 5.04. The first-order chi connectivity index (χ1) is 11.9. The summed E-state index contributed by atoms with van der Waals surface area (Å²) in [5, 5.41) is -0.146. The van der Waals surface area contributed by atoms with Crippen LogP contribution in [0, 0.1) is 6.92 Å². The topological polar surface area (TPSA) is 38.8 Å². The zero-order valence-electron chi connectivity index (χ0n) is 15.4. The maximum absolute atomic E-state index is 12.6. The number of benzene rings is 2. The van der Waals surface area contributed by atoms with Crippen LogP contribution in [0.25, 0.3) is 0 Å². The third kappa shape index (κ3) is 5.16. The second-order valence-corrected chi connectivity index (χ2v) is 7.37. The molecule has 0 bridgehead atoms. The third-order valence-corrected chi connectivity index (χ3v) is 5.03. The molecule has 0 saturated carbocycles. The van der Waals surface area contributed by atoms with E-state index in [9.17, 15) is 4.79 Å². The van der Waals surface area contributed by atoms with Gasteiger partial charge in [0.2, 0.25) is 5.91 Å². The second kappa shape index (κ2) is 8.81. The van der Waals surface area contributed by atoms with E-state index in [4.69, 9.17) is 9.47 Å². The smallest absolute Gasteiger partial charge is 0.235 e. The Balaban J connectivity index is 2.00. The van der Waals surface area contributed by atoms with Gasteiger partial charge < -0.3 is 14.4 Å². The van der Waals surface area contributed by atoms with Crippen LogP contribution in [0.3, 0.4) is 0 Å². The number of carbonyl (C=O) groups is 1. The van der Waals surface area contributed by atoms with Crippen molar-refractivity contribution in [1.82, 2.24) is 4.90 Å². The monoisotopic (exact) mass is 359 g/mol. The molecule has 0 aromatic heterocycles. The Hall–Kier alpha value is -2.14. The molecule has 134 valence electrons. The number of ether oxygens (including phenoxy) is 2. The molecule has 0 aliphatic rings. The van der Waals surface area contributed by atoms with Crippen LogP contribution >= 0.6 is 11.8 Å². The van der Waals surface area contributed by atoms with Crippen molar-refractivity contribution in [2.75, 3.05) is 21.3 Å². The van der Waals surface area contributed by atoms with Crippen molar-refractivity contribution >= 4 is 17.7 Å². The van der Waals surface area contributed by atoms with E-state index in [0.29, 0.717) is 18.0 Å². The summed E-state index contributed by atoms with van der Waals surface area (Å²) in [4.78, 5) is 15.5. The molecule has 0 N–H and O–H groups in total. The van der Waals surface area contributed by atoms with Crippen molar-refractivity contribution in [1.29, 1.82) is 0 Å². The number of hydrogen-bond donors (Lipinski definition) is 0. The summed E-state index contributed by atoms with van der Waals surface area (Å²) in [5.41, 5.74) is 2.22. The summed E-state index contributed by atoms with van der Waals surface area (Å²) < 4.78 is 10.6. The lowest BCUT2D eigenvalue weighted by atomic mass is 10.2. The highest BCUT2D eigenvalue weighted by molar-refractivity contribution is 8.00. The molecule has 2 aromatic carbocycles. The first-order valence-corrected chi connectivity index (χ1v) is 9.01. The van der Waals surface area contributed by atoms with Gasteiger partial charge in [-0.15, -0.1) is 11.8 Å². The van der Waals surface area contributed by atoms with Gasteiger partial charge in [0, 0.05) is 18.5 Å². The minimum Gasteiger partial charge on any atom is -0.493 e. The van der Waals surface area contributed by atoms with Crippen LogP contribution in [0.4, 0.5) is 0 Å². The minimum atomic E-state index is -0.146. The molecule has 0 saturated heterocycles. The molecule has 4 nitrogen and oxygen atoms in total. The summed E-state index contributed by atoms with van der Waals surface area (Å²) in [5.74, 6) is 1.45. The maximum atomic E-state index is 12.6. The van der Waals surface area contributed by atoms with Gasteiger partial charge in [0.25, 0.3) is 0 Å².